The van der Waals surface area contributed by atoms with Crippen LogP contribution in [0.4, 0.5) is 10.5 Å². The first-order chi connectivity index (χ1) is 13.5. The molecule has 2 amide bonds. The summed E-state index contributed by atoms with van der Waals surface area (Å²) < 4.78 is 2.21. The largest absolute Gasteiger partial charge is 0.343 e. The summed E-state index contributed by atoms with van der Waals surface area (Å²) in [5.74, 6) is 0. The number of amides is 2. The highest BCUT2D eigenvalue weighted by Gasteiger charge is 2.17. The molecule has 0 aliphatic carbocycles. The lowest BCUT2D eigenvalue weighted by atomic mass is 10.1. The number of thiophene rings is 1. The number of anilines is 1. The molecule has 28 heavy (non-hydrogen) atoms. The highest BCUT2D eigenvalue weighted by Crippen LogP contribution is 2.35. The number of benzene rings is 2. The average Bonchev–Trinajstić information content (AvgIpc) is 3.29. The first-order valence-corrected chi connectivity index (χ1v) is 10.1. The minimum Gasteiger partial charge on any atom is -0.343 e. The molecule has 2 N–H and O–H groups in total. The van der Waals surface area contributed by atoms with Crippen molar-refractivity contribution in [2.75, 3.05) is 5.32 Å². The summed E-state index contributed by atoms with van der Waals surface area (Å²) in [5, 5.41) is 9.25. The summed E-state index contributed by atoms with van der Waals surface area (Å²) in [4.78, 5) is 13.7. The Morgan fingerprint density at radius 3 is 2.64 bits per heavy atom. The van der Waals surface area contributed by atoms with Crippen molar-refractivity contribution in [1.29, 1.82) is 0 Å². The number of hydrogen-bond donors (Lipinski definition) is 2. The van der Waals surface area contributed by atoms with Crippen LogP contribution in [0.2, 0.25) is 0 Å². The molecule has 0 radical (unpaired) electrons. The molecule has 0 aliphatic rings. The van der Waals surface area contributed by atoms with Crippen LogP contribution in [0, 0.1) is 13.8 Å². The molecule has 4 nitrogen and oxygen atoms in total. The van der Waals surface area contributed by atoms with Gasteiger partial charge in [0, 0.05) is 35.7 Å². The first-order valence-electron chi connectivity index (χ1n) is 9.27. The number of fused-ring (bicyclic) bond motifs is 1. The molecule has 0 fully saturated rings. The van der Waals surface area contributed by atoms with Gasteiger partial charge >= 0.3 is 6.03 Å². The van der Waals surface area contributed by atoms with Crippen LogP contribution < -0.4 is 10.6 Å². The van der Waals surface area contributed by atoms with Crippen LogP contribution in [0.25, 0.3) is 21.5 Å². The standard InChI is InChI=1S/C23H23N3OS/c1-15-10-11-19(16(2)13-15)25-23(27)24-14-18-17-7-4-5-8-20(17)26(3)22(18)21-9-6-12-28-21/h4-13H,14H2,1-3H3,(H2,24,25,27). The monoisotopic (exact) mass is 389 g/mol. The van der Waals surface area contributed by atoms with Gasteiger partial charge in [0.2, 0.25) is 0 Å². The molecule has 0 atom stereocenters. The van der Waals surface area contributed by atoms with Gasteiger partial charge in [0.25, 0.3) is 0 Å². The van der Waals surface area contributed by atoms with Gasteiger partial charge in [0.15, 0.2) is 0 Å². The van der Waals surface area contributed by atoms with Crippen molar-refractivity contribution in [2.24, 2.45) is 7.05 Å². The van der Waals surface area contributed by atoms with Crippen molar-refractivity contribution in [3.8, 4) is 10.6 Å². The van der Waals surface area contributed by atoms with Gasteiger partial charge in [-0.3, -0.25) is 0 Å². The summed E-state index contributed by atoms with van der Waals surface area (Å²) in [7, 11) is 2.08. The maximum absolute atomic E-state index is 12.5. The minimum atomic E-state index is -0.197. The maximum atomic E-state index is 12.5. The summed E-state index contributed by atoms with van der Waals surface area (Å²) in [6.45, 7) is 4.51. The molecule has 142 valence electrons. The average molecular weight is 390 g/mol. The molecular weight excluding hydrogens is 366 g/mol. The highest BCUT2D eigenvalue weighted by molar-refractivity contribution is 7.13. The Kier molecular flexibility index (Phi) is 4.92. The van der Waals surface area contributed by atoms with E-state index in [1.165, 1.54) is 15.8 Å². The van der Waals surface area contributed by atoms with Crippen LogP contribution in [0.3, 0.4) is 0 Å². The second-order valence-corrected chi connectivity index (χ2v) is 7.95. The van der Waals surface area contributed by atoms with Crippen molar-refractivity contribution in [3.05, 3.63) is 76.7 Å². The molecule has 0 spiro atoms. The lowest BCUT2D eigenvalue weighted by Gasteiger charge is -2.11. The Bertz CT molecular complexity index is 1140. The van der Waals surface area contributed by atoms with Crippen molar-refractivity contribution in [1.82, 2.24) is 9.88 Å². The van der Waals surface area contributed by atoms with Gasteiger partial charge in [-0.2, -0.15) is 0 Å². The Hall–Kier alpha value is -3.05. The number of rotatable bonds is 4. The number of carbonyl (C=O) groups is 1. The number of para-hydroxylation sites is 1. The van der Waals surface area contributed by atoms with Gasteiger partial charge in [-0.1, -0.05) is 42.0 Å². The Morgan fingerprint density at radius 1 is 1.07 bits per heavy atom. The Labute approximate surface area is 168 Å². The third kappa shape index (κ3) is 3.41. The van der Waals surface area contributed by atoms with E-state index >= 15 is 0 Å². The summed E-state index contributed by atoms with van der Waals surface area (Å²) >= 11 is 1.71. The summed E-state index contributed by atoms with van der Waals surface area (Å²) in [6.07, 6.45) is 0. The van der Waals surface area contributed by atoms with Crippen molar-refractivity contribution >= 4 is 34.0 Å². The normalized spacial score (nSPS) is 11.0. The third-order valence-corrected chi connectivity index (χ3v) is 5.90. The van der Waals surface area contributed by atoms with Gasteiger partial charge in [-0.25, -0.2) is 4.79 Å². The van der Waals surface area contributed by atoms with Crippen LogP contribution in [0.15, 0.2) is 60.0 Å². The Morgan fingerprint density at radius 2 is 1.89 bits per heavy atom. The molecule has 0 unspecified atom stereocenters. The van der Waals surface area contributed by atoms with E-state index in [9.17, 15) is 4.79 Å². The first kappa shape index (κ1) is 18.3. The quantitative estimate of drug-likeness (QED) is 0.452. The number of carbonyl (C=O) groups excluding carboxylic acids is 1. The second-order valence-electron chi connectivity index (χ2n) is 7.01. The van der Waals surface area contributed by atoms with E-state index in [1.54, 1.807) is 11.3 Å². The molecule has 0 bridgehead atoms. The van der Waals surface area contributed by atoms with E-state index in [-0.39, 0.29) is 6.03 Å². The molecule has 2 aromatic carbocycles. The molecule has 0 saturated heterocycles. The zero-order chi connectivity index (χ0) is 19.7. The van der Waals surface area contributed by atoms with Gasteiger partial charge < -0.3 is 15.2 Å². The van der Waals surface area contributed by atoms with Crippen LogP contribution in [-0.4, -0.2) is 10.6 Å². The number of hydrogen-bond acceptors (Lipinski definition) is 2. The third-order valence-electron chi connectivity index (χ3n) is 5.02. The van der Waals surface area contributed by atoms with E-state index in [1.807, 2.05) is 38.1 Å². The molecule has 4 aromatic rings. The van der Waals surface area contributed by atoms with Crippen molar-refractivity contribution < 1.29 is 4.79 Å². The molecule has 4 rings (SSSR count). The van der Waals surface area contributed by atoms with E-state index in [0.717, 1.165) is 28.0 Å². The predicted octanol–water partition coefficient (Wildman–Crippen LogP) is 5.85. The SMILES string of the molecule is Cc1ccc(NC(=O)NCc2c(-c3cccs3)n(C)c3ccccc23)c(C)c1. The smallest absolute Gasteiger partial charge is 0.319 e. The molecule has 0 saturated carbocycles. The fourth-order valence-electron chi connectivity index (χ4n) is 3.67. The molecular formula is C23H23N3OS. The molecule has 2 aromatic heterocycles. The zero-order valence-corrected chi connectivity index (χ0v) is 17.1. The topological polar surface area (TPSA) is 46.1 Å². The lowest BCUT2D eigenvalue weighted by molar-refractivity contribution is 0.252. The number of urea groups is 1. The second kappa shape index (κ2) is 7.52. The van der Waals surface area contributed by atoms with Gasteiger partial charge in [0.05, 0.1) is 10.6 Å². The molecule has 0 aliphatic heterocycles. The van der Waals surface area contributed by atoms with Gasteiger partial charge in [-0.05, 0) is 43.0 Å². The van der Waals surface area contributed by atoms with Crippen LogP contribution in [0.1, 0.15) is 16.7 Å². The fraction of sp³-hybridized carbons (Fsp3) is 0.174. The van der Waals surface area contributed by atoms with E-state index in [2.05, 4.69) is 58.0 Å². The van der Waals surface area contributed by atoms with E-state index < -0.39 is 0 Å². The van der Waals surface area contributed by atoms with Gasteiger partial charge in [-0.15, -0.1) is 11.3 Å². The number of aromatic nitrogens is 1. The zero-order valence-electron chi connectivity index (χ0n) is 16.2. The van der Waals surface area contributed by atoms with Gasteiger partial charge in [0.1, 0.15) is 0 Å². The Balaban J connectivity index is 1.61. The van der Waals surface area contributed by atoms with Crippen LogP contribution in [0.5, 0.6) is 0 Å². The molecule has 2 heterocycles. The van der Waals surface area contributed by atoms with Crippen molar-refractivity contribution in [3.63, 3.8) is 0 Å². The summed E-state index contributed by atoms with van der Waals surface area (Å²) in [5.41, 5.74) is 6.52. The number of nitrogens with zero attached hydrogens (tertiary/aromatic N) is 1. The van der Waals surface area contributed by atoms with E-state index in [4.69, 9.17) is 0 Å². The molecule has 5 heteroatoms. The number of aryl methyl sites for hydroxylation is 3. The van der Waals surface area contributed by atoms with Crippen molar-refractivity contribution in [2.45, 2.75) is 20.4 Å². The maximum Gasteiger partial charge on any atom is 0.319 e. The lowest BCUT2D eigenvalue weighted by Crippen LogP contribution is -2.28. The number of nitrogens with one attached hydrogen (secondary N) is 2. The fourth-order valence-corrected chi connectivity index (χ4v) is 4.50. The predicted molar refractivity (Wildman–Crippen MR) is 118 cm³/mol. The highest BCUT2D eigenvalue weighted by atomic mass is 32.1. The van der Waals surface area contributed by atoms with Crippen LogP contribution >= 0.6 is 11.3 Å². The minimum absolute atomic E-state index is 0.197. The summed E-state index contributed by atoms with van der Waals surface area (Å²) in [6, 6.07) is 18.3. The van der Waals surface area contributed by atoms with Crippen LogP contribution in [-0.2, 0) is 13.6 Å². The van der Waals surface area contributed by atoms with E-state index in [0.29, 0.717) is 6.54 Å².